The van der Waals surface area contributed by atoms with Gasteiger partial charge in [0.1, 0.15) is 5.75 Å². The van der Waals surface area contributed by atoms with Crippen LogP contribution >= 0.6 is 0 Å². The number of hydrogen-bond acceptors (Lipinski definition) is 4. The van der Waals surface area contributed by atoms with Crippen molar-refractivity contribution in [1.82, 2.24) is 4.72 Å². The molecular formula is C17H19NO4S. The smallest absolute Gasteiger partial charge is 0.241 e. The summed E-state index contributed by atoms with van der Waals surface area (Å²) in [5.41, 5.74) is 0.862. The lowest BCUT2D eigenvalue weighted by atomic mass is 10.0. The predicted molar refractivity (Wildman–Crippen MR) is 89.0 cm³/mol. The monoisotopic (exact) mass is 333 g/mol. The van der Waals surface area contributed by atoms with Gasteiger partial charge in [0.05, 0.1) is 10.5 Å². The van der Waals surface area contributed by atoms with Crippen molar-refractivity contribution in [3.63, 3.8) is 0 Å². The first-order chi connectivity index (χ1) is 10.6. The van der Waals surface area contributed by atoms with Crippen LogP contribution in [0.3, 0.4) is 0 Å². The van der Waals surface area contributed by atoms with Crippen LogP contribution < -0.4 is 4.72 Å². The maximum Gasteiger partial charge on any atom is 0.241 e. The topological polar surface area (TPSA) is 83.5 Å². The lowest BCUT2D eigenvalue weighted by Gasteiger charge is -2.20. The van der Waals surface area contributed by atoms with Crippen LogP contribution in [0.5, 0.6) is 5.75 Å². The molecule has 0 fully saturated rings. The first kappa shape index (κ1) is 17.2. The van der Waals surface area contributed by atoms with Crippen LogP contribution in [0.2, 0.25) is 0 Å². The van der Waals surface area contributed by atoms with Gasteiger partial charge < -0.3 is 5.11 Å². The van der Waals surface area contributed by atoms with Gasteiger partial charge in [0.2, 0.25) is 10.0 Å². The van der Waals surface area contributed by atoms with Crippen molar-refractivity contribution in [2.75, 3.05) is 0 Å². The molecule has 0 radical (unpaired) electrons. The molecule has 2 aromatic carbocycles. The second kappa shape index (κ2) is 6.14. The van der Waals surface area contributed by atoms with Gasteiger partial charge in [0, 0.05) is 5.54 Å². The van der Waals surface area contributed by atoms with Gasteiger partial charge >= 0.3 is 0 Å². The number of nitrogens with one attached hydrogen (secondary N) is 1. The highest BCUT2D eigenvalue weighted by molar-refractivity contribution is 7.89. The van der Waals surface area contributed by atoms with E-state index in [1.165, 1.54) is 24.3 Å². The number of hydrogen-bond donors (Lipinski definition) is 2. The fourth-order valence-corrected chi connectivity index (χ4v) is 3.59. The third-order valence-corrected chi connectivity index (χ3v) is 4.83. The molecule has 0 atom stereocenters. The van der Waals surface area contributed by atoms with Gasteiger partial charge in [-0.25, -0.2) is 13.1 Å². The normalized spacial score (nSPS) is 12.1. The van der Waals surface area contributed by atoms with Gasteiger partial charge in [0.25, 0.3) is 0 Å². The van der Waals surface area contributed by atoms with Gasteiger partial charge in [-0.1, -0.05) is 18.2 Å². The molecule has 2 aromatic rings. The molecule has 0 bridgehead atoms. The van der Waals surface area contributed by atoms with E-state index < -0.39 is 15.6 Å². The van der Waals surface area contributed by atoms with Crippen LogP contribution in [0, 0.1) is 0 Å². The van der Waals surface area contributed by atoms with Crippen molar-refractivity contribution in [3.05, 3.63) is 48.0 Å². The molecule has 0 spiro atoms. The average Bonchev–Trinajstić information content (AvgIpc) is 2.45. The zero-order valence-electron chi connectivity index (χ0n) is 13.2. The minimum absolute atomic E-state index is 0.140. The number of carbonyl (C=O) groups excluding carboxylic acids is 1. The Kier molecular flexibility index (Phi) is 4.58. The number of phenolic OH excluding ortho intramolecular Hbond substituents is 1. The summed E-state index contributed by atoms with van der Waals surface area (Å²) in [5, 5.41) is 9.77. The standard InChI is InChI=1S/C17H19NO4S/c1-17(2,3)18-23(21,22)15-6-4-5-12(9-15)13-7-8-14(11-19)16(20)10-13/h4-11,18,20H,1-3H3. The maximum absolute atomic E-state index is 12.4. The number of rotatable bonds is 4. The largest absolute Gasteiger partial charge is 0.507 e. The molecule has 0 saturated carbocycles. The Morgan fingerprint density at radius 1 is 1.04 bits per heavy atom. The van der Waals surface area contributed by atoms with E-state index in [4.69, 9.17) is 0 Å². The number of benzene rings is 2. The maximum atomic E-state index is 12.4. The molecule has 0 aliphatic carbocycles. The van der Waals surface area contributed by atoms with E-state index >= 15 is 0 Å². The van der Waals surface area contributed by atoms with E-state index in [1.54, 1.807) is 39.0 Å². The zero-order chi connectivity index (χ0) is 17.3. The quantitative estimate of drug-likeness (QED) is 0.843. The highest BCUT2D eigenvalue weighted by Gasteiger charge is 2.22. The second-order valence-electron chi connectivity index (χ2n) is 6.27. The van der Waals surface area contributed by atoms with Gasteiger partial charge in [-0.15, -0.1) is 0 Å². The number of aldehydes is 1. The summed E-state index contributed by atoms with van der Waals surface area (Å²) in [4.78, 5) is 10.9. The lowest BCUT2D eigenvalue weighted by Crippen LogP contribution is -2.40. The number of carbonyl (C=O) groups is 1. The van der Waals surface area contributed by atoms with E-state index in [0.717, 1.165) is 0 Å². The van der Waals surface area contributed by atoms with Gasteiger partial charge in [-0.05, 0) is 56.2 Å². The summed E-state index contributed by atoms with van der Waals surface area (Å²) < 4.78 is 27.4. The summed E-state index contributed by atoms with van der Waals surface area (Å²) >= 11 is 0. The Labute approximate surface area is 136 Å². The molecule has 0 saturated heterocycles. The minimum atomic E-state index is -3.64. The van der Waals surface area contributed by atoms with Crippen LogP contribution in [0.25, 0.3) is 11.1 Å². The molecular weight excluding hydrogens is 314 g/mol. The number of aromatic hydroxyl groups is 1. The summed E-state index contributed by atoms with van der Waals surface area (Å²) in [6.45, 7) is 5.31. The van der Waals surface area contributed by atoms with E-state index in [9.17, 15) is 18.3 Å². The fourth-order valence-electron chi connectivity index (χ4n) is 2.13. The molecule has 5 nitrogen and oxygen atoms in total. The molecule has 0 aliphatic heterocycles. The van der Waals surface area contributed by atoms with Gasteiger partial charge in [-0.3, -0.25) is 4.79 Å². The molecule has 0 aromatic heterocycles. The first-order valence-corrected chi connectivity index (χ1v) is 8.53. The molecule has 6 heteroatoms. The highest BCUT2D eigenvalue weighted by atomic mass is 32.2. The van der Waals surface area contributed by atoms with Crippen molar-refractivity contribution >= 4 is 16.3 Å². The summed E-state index contributed by atoms with van der Waals surface area (Å²) in [5.74, 6) is -0.140. The highest BCUT2D eigenvalue weighted by Crippen LogP contribution is 2.27. The molecule has 122 valence electrons. The predicted octanol–water partition coefficient (Wildman–Crippen LogP) is 2.95. The van der Waals surface area contributed by atoms with E-state index in [1.807, 2.05) is 0 Å². The lowest BCUT2D eigenvalue weighted by molar-refractivity contribution is 0.112. The van der Waals surface area contributed by atoms with Crippen molar-refractivity contribution < 1.29 is 18.3 Å². The molecule has 2 rings (SSSR count). The van der Waals surface area contributed by atoms with E-state index in [-0.39, 0.29) is 16.2 Å². The summed E-state index contributed by atoms with van der Waals surface area (Å²) in [6.07, 6.45) is 0.563. The zero-order valence-corrected chi connectivity index (χ0v) is 14.0. The minimum Gasteiger partial charge on any atom is -0.507 e. The summed E-state index contributed by atoms with van der Waals surface area (Å²) in [7, 11) is -3.64. The van der Waals surface area contributed by atoms with Crippen molar-refractivity contribution in [1.29, 1.82) is 0 Å². The average molecular weight is 333 g/mol. The Morgan fingerprint density at radius 2 is 1.70 bits per heavy atom. The van der Waals surface area contributed by atoms with Crippen LogP contribution in [0.1, 0.15) is 31.1 Å². The molecule has 0 unspecified atom stereocenters. The third-order valence-electron chi connectivity index (χ3n) is 3.08. The Bertz CT molecular complexity index is 836. The number of phenols is 1. The SMILES string of the molecule is CC(C)(C)NS(=O)(=O)c1cccc(-c2ccc(C=O)c(O)c2)c1. The number of sulfonamides is 1. The third kappa shape index (κ3) is 4.18. The Balaban J connectivity index is 2.45. The second-order valence-corrected chi connectivity index (χ2v) is 7.96. The van der Waals surface area contributed by atoms with Crippen LogP contribution in [0.4, 0.5) is 0 Å². The molecule has 2 N–H and O–H groups in total. The van der Waals surface area contributed by atoms with Crippen molar-refractivity contribution in [2.24, 2.45) is 0 Å². The van der Waals surface area contributed by atoms with Gasteiger partial charge in [0.15, 0.2) is 6.29 Å². The van der Waals surface area contributed by atoms with Gasteiger partial charge in [-0.2, -0.15) is 0 Å². The summed E-state index contributed by atoms with van der Waals surface area (Å²) in [6, 6.07) is 11.0. The Hall–Kier alpha value is -2.18. The van der Waals surface area contributed by atoms with Crippen LogP contribution in [-0.4, -0.2) is 25.3 Å². The van der Waals surface area contributed by atoms with Crippen molar-refractivity contribution in [3.8, 4) is 16.9 Å². The first-order valence-electron chi connectivity index (χ1n) is 7.05. The van der Waals surface area contributed by atoms with E-state index in [0.29, 0.717) is 17.4 Å². The Morgan fingerprint density at radius 3 is 2.26 bits per heavy atom. The molecule has 23 heavy (non-hydrogen) atoms. The van der Waals surface area contributed by atoms with Crippen LogP contribution in [-0.2, 0) is 10.0 Å². The molecule has 0 heterocycles. The fraction of sp³-hybridized carbons (Fsp3) is 0.235. The van der Waals surface area contributed by atoms with Crippen molar-refractivity contribution in [2.45, 2.75) is 31.2 Å². The van der Waals surface area contributed by atoms with E-state index in [2.05, 4.69) is 4.72 Å². The molecule has 0 amide bonds. The van der Waals surface area contributed by atoms with Crippen LogP contribution in [0.15, 0.2) is 47.4 Å². The molecule has 0 aliphatic rings.